The lowest BCUT2D eigenvalue weighted by atomic mass is 9.90. The number of ether oxygens (including phenoxy) is 1. The third-order valence-electron chi connectivity index (χ3n) is 6.70. The average Bonchev–Trinajstić information content (AvgIpc) is 3.20. The summed E-state index contributed by atoms with van der Waals surface area (Å²) in [4.78, 5) is 32.5. The molecule has 10 heteroatoms. The molecule has 35 heavy (non-hydrogen) atoms. The van der Waals surface area contributed by atoms with Gasteiger partial charge in [-0.3, -0.25) is 14.3 Å². The monoisotopic (exact) mass is 565 g/mol. The summed E-state index contributed by atoms with van der Waals surface area (Å²) in [6.07, 6.45) is 3.41. The molecule has 0 unspecified atom stereocenters. The zero-order valence-corrected chi connectivity index (χ0v) is 22.7. The Morgan fingerprint density at radius 1 is 1.17 bits per heavy atom. The molecule has 0 N–H and O–H groups in total. The average molecular weight is 567 g/mol. The van der Waals surface area contributed by atoms with Crippen molar-refractivity contribution in [2.24, 2.45) is 5.92 Å². The molecule has 2 amide bonds. The molecule has 2 aromatic rings. The van der Waals surface area contributed by atoms with Crippen molar-refractivity contribution in [1.29, 1.82) is 0 Å². The number of hydrogen-bond donors (Lipinski definition) is 0. The minimum Gasteiger partial charge on any atom is -0.490 e. The highest BCUT2D eigenvalue weighted by atomic mass is 79.9. The largest absolute Gasteiger partial charge is 0.490 e. The maximum Gasteiger partial charge on any atom is 0.275 e. The first-order valence-electron chi connectivity index (χ1n) is 12.2. The second-order valence-corrected chi connectivity index (χ2v) is 10.7. The van der Waals surface area contributed by atoms with Gasteiger partial charge in [-0.25, -0.2) is 0 Å². The van der Waals surface area contributed by atoms with E-state index in [1.165, 1.54) is 0 Å². The van der Waals surface area contributed by atoms with E-state index < -0.39 is 0 Å². The predicted molar refractivity (Wildman–Crippen MR) is 139 cm³/mol. The van der Waals surface area contributed by atoms with Gasteiger partial charge in [0.25, 0.3) is 5.91 Å². The summed E-state index contributed by atoms with van der Waals surface area (Å²) in [6, 6.07) is 7.72. The Balaban J connectivity index is 1.49. The van der Waals surface area contributed by atoms with Gasteiger partial charge in [-0.15, -0.1) is 0 Å². The number of aryl methyl sites for hydroxylation is 1. The first kappa shape index (κ1) is 26.0. The number of hydrogen-bond acceptors (Lipinski definition) is 5. The van der Waals surface area contributed by atoms with Crippen molar-refractivity contribution in [1.82, 2.24) is 24.5 Å². The van der Waals surface area contributed by atoms with Crippen LogP contribution in [0.5, 0.6) is 5.75 Å². The highest BCUT2D eigenvalue weighted by molar-refractivity contribution is 9.10. The maximum atomic E-state index is 13.3. The first-order chi connectivity index (χ1) is 16.8. The number of halogens is 2. The number of carbonyl (C=O) groups excluding carboxylic acids is 2. The molecular weight excluding hydrogens is 534 g/mol. The van der Waals surface area contributed by atoms with Gasteiger partial charge in [-0.1, -0.05) is 40.5 Å². The molecule has 2 atom stereocenters. The van der Waals surface area contributed by atoms with Crippen molar-refractivity contribution in [3.8, 4) is 5.75 Å². The van der Waals surface area contributed by atoms with Gasteiger partial charge in [0.05, 0.1) is 5.02 Å². The first-order valence-corrected chi connectivity index (χ1v) is 13.4. The van der Waals surface area contributed by atoms with Crippen LogP contribution in [0, 0.1) is 5.92 Å². The van der Waals surface area contributed by atoms with Gasteiger partial charge in [0.2, 0.25) is 5.91 Å². The van der Waals surface area contributed by atoms with E-state index in [1.54, 1.807) is 15.8 Å². The molecule has 2 saturated heterocycles. The van der Waals surface area contributed by atoms with Crippen molar-refractivity contribution in [3.05, 3.63) is 45.7 Å². The summed E-state index contributed by atoms with van der Waals surface area (Å²) >= 11 is 9.85. The highest BCUT2D eigenvalue weighted by Crippen LogP contribution is 2.29. The van der Waals surface area contributed by atoms with E-state index in [9.17, 15) is 9.59 Å². The van der Waals surface area contributed by atoms with E-state index in [-0.39, 0.29) is 29.5 Å². The van der Waals surface area contributed by atoms with Crippen LogP contribution in [0.2, 0.25) is 5.02 Å². The summed E-state index contributed by atoms with van der Waals surface area (Å²) in [6.45, 7) is 6.91. The van der Waals surface area contributed by atoms with Crippen LogP contribution in [0.25, 0.3) is 0 Å². The van der Waals surface area contributed by atoms with Gasteiger partial charge in [-0.05, 0) is 31.7 Å². The summed E-state index contributed by atoms with van der Waals surface area (Å²) in [7, 11) is 2.07. The van der Waals surface area contributed by atoms with Crippen LogP contribution in [0.1, 0.15) is 36.7 Å². The third kappa shape index (κ3) is 6.57. The van der Waals surface area contributed by atoms with Crippen LogP contribution in [0.4, 0.5) is 0 Å². The molecule has 0 spiro atoms. The minimum absolute atomic E-state index is 0.116. The normalized spacial score (nSPS) is 21.3. The second-order valence-electron chi connectivity index (χ2n) is 9.39. The Bertz CT molecular complexity index is 1040. The van der Waals surface area contributed by atoms with Crippen LogP contribution in [0.15, 0.2) is 34.9 Å². The quantitative estimate of drug-likeness (QED) is 0.510. The van der Waals surface area contributed by atoms with E-state index in [2.05, 4.69) is 39.9 Å². The molecule has 0 radical (unpaired) electrons. The number of piperazine rings is 1. The molecule has 8 nitrogen and oxygen atoms in total. The number of benzene rings is 1. The molecule has 2 aliphatic rings. The van der Waals surface area contributed by atoms with Crippen LogP contribution in [0.3, 0.4) is 0 Å². The smallest absolute Gasteiger partial charge is 0.275 e. The molecule has 2 aliphatic heterocycles. The lowest BCUT2D eigenvalue weighted by Gasteiger charge is -2.39. The standard InChI is InChI=1S/C25H33BrClN5O3/c1-3-8-32-17-21(27)24(28-32)25(34)31-9-7-22(35-20-6-4-5-19(26)15-20)18(16-31)14-23(33)30-12-10-29(2)11-13-30/h4-6,15,17-18,22H,3,7-14,16H2,1-2H3/t18-,22-/m0/s1. The molecule has 4 rings (SSSR count). The van der Waals surface area contributed by atoms with E-state index >= 15 is 0 Å². The zero-order valence-electron chi connectivity index (χ0n) is 20.3. The van der Waals surface area contributed by atoms with Gasteiger partial charge in [0, 0.05) is 75.2 Å². The van der Waals surface area contributed by atoms with Gasteiger partial charge in [0.15, 0.2) is 5.69 Å². The van der Waals surface area contributed by atoms with E-state index in [0.29, 0.717) is 37.5 Å². The molecule has 0 bridgehead atoms. The van der Waals surface area contributed by atoms with Crippen LogP contribution in [-0.2, 0) is 11.3 Å². The number of amides is 2. The fourth-order valence-electron chi connectivity index (χ4n) is 4.71. The van der Waals surface area contributed by atoms with Crippen molar-refractivity contribution in [2.75, 3.05) is 46.3 Å². The van der Waals surface area contributed by atoms with Crippen LogP contribution < -0.4 is 4.74 Å². The topological polar surface area (TPSA) is 70.9 Å². The Morgan fingerprint density at radius 2 is 1.94 bits per heavy atom. The van der Waals surface area contributed by atoms with Gasteiger partial charge in [0.1, 0.15) is 11.9 Å². The van der Waals surface area contributed by atoms with Crippen molar-refractivity contribution in [2.45, 2.75) is 38.8 Å². The SMILES string of the molecule is CCCn1cc(Cl)c(C(=O)N2CC[C@H](Oc3cccc(Br)c3)[C@@H](CC(=O)N3CCN(C)CC3)C2)n1. The Labute approximate surface area is 220 Å². The lowest BCUT2D eigenvalue weighted by molar-refractivity contribution is -0.135. The van der Waals surface area contributed by atoms with Gasteiger partial charge in [-0.2, -0.15) is 5.10 Å². The summed E-state index contributed by atoms with van der Waals surface area (Å²) < 4.78 is 9.01. The Morgan fingerprint density at radius 3 is 2.66 bits per heavy atom. The molecule has 2 fully saturated rings. The molecule has 190 valence electrons. The van der Waals surface area contributed by atoms with Crippen LogP contribution in [-0.4, -0.2) is 88.7 Å². The molecule has 1 aromatic carbocycles. The minimum atomic E-state index is -0.192. The lowest BCUT2D eigenvalue weighted by Crippen LogP contribution is -2.51. The maximum absolute atomic E-state index is 13.3. The second kappa shape index (κ2) is 11.8. The zero-order chi connectivity index (χ0) is 24.9. The third-order valence-corrected chi connectivity index (χ3v) is 7.47. The number of carbonyl (C=O) groups is 2. The molecule has 0 aliphatic carbocycles. The fraction of sp³-hybridized carbons (Fsp3) is 0.560. The molecule has 0 saturated carbocycles. The number of nitrogens with zero attached hydrogens (tertiary/aromatic N) is 5. The molecule has 3 heterocycles. The van der Waals surface area contributed by atoms with E-state index in [0.717, 1.165) is 42.8 Å². The van der Waals surface area contributed by atoms with Crippen molar-refractivity contribution < 1.29 is 14.3 Å². The number of likely N-dealkylation sites (tertiary alicyclic amines) is 1. The predicted octanol–water partition coefficient (Wildman–Crippen LogP) is 3.78. The number of aromatic nitrogens is 2. The highest BCUT2D eigenvalue weighted by Gasteiger charge is 2.37. The summed E-state index contributed by atoms with van der Waals surface area (Å²) in [5.74, 6) is 0.547. The van der Waals surface area contributed by atoms with Crippen LogP contribution >= 0.6 is 27.5 Å². The molecule has 1 aromatic heterocycles. The van der Waals surface area contributed by atoms with Gasteiger partial charge >= 0.3 is 0 Å². The van der Waals surface area contributed by atoms with E-state index in [1.807, 2.05) is 29.2 Å². The van der Waals surface area contributed by atoms with Crippen molar-refractivity contribution >= 4 is 39.3 Å². The van der Waals surface area contributed by atoms with E-state index in [4.69, 9.17) is 16.3 Å². The Hall–Kier alpha value is -2.10. The van der Waals surface area contributed by atoms with Crippen molar-refractivity contribution in [3.63, 3.8) is 0 Å². The fourth-order valence-corrected chi connectivity index (χ4v) is 5.32. The Kier molecular flexibility index (Phi) is 8.73. The summed E-state index contributed by atoms with van der Waals surface area (Å²) in [5, 5.41) is 4.78. The number of piperidine rings is 1. The number of rotatable bonds is 7. The van der Waals surface area contributed by atoms with Gasteiger partial charge < -0.3 is 19.4 Å². The molecular formula is C25H33BrClN5O3. The summed E-state index contributed by atoms with van der Waals surface area (Å²) in [5.41, 5.74) is 0.274. The number of likely N-dealkylation sites (N-methyl/N-ethyl adjacent to an activating group) is 1.